The lowest BCUT2D eigenvalue weighted by molar-refractivity contribution is -0.384. The van der Waals surface area contributed by atoms with Crippen molar-refractivity contribution in [3.05, 3.63) is 32.8 Å². The highest BCUT2D eigenvalue weighted by atomic mass is 35.5. The van der Waals surface area contributed by atoms with Gasteiger partial charge in [-0.1, -0.05) is 18.0 Å². The Morgan fingerprint density at radius 2 is 2.19 bits per heavy atom. The van der Waals surface area contributed by atoms with Crippen LogP contribution in [0, 0.1) is 22.5 Å². The molecule has 0 aliphatic heterocycles. The summed E-state index contributed by atoms with van der Waals surface area (Å²) in [5.74, 6) is -0.796. The monoisotopic (exact) mass is 312 g/mol. The van der Waals surface area contributed by atoms with Gasteiger partial charge in [0.1, 0.15) is 5.02 Å². The van der Waals surface area contributed by atoms with E-state index in [4.69, 9.17) is 16.7 Å². The molecule has 1 aromatic rings. The van der Waals surface area contributed by atoms with Crippen molar-refractivity contribution in [2.45, 2.75) is 32.6 Å². The molecule has 0 radical (unpaired) electrons. The van der Waals surface area contributed by atoms with Crippen molar-refractivity contribution >= 4 is 28.9 Å². The van der Waals surface area contributed by atoms with Crippen LogP contribution in [0.3, 0.4) is 0 Å². The molecule has 0 unspecified atom stereocenters. The normalized spacial score (nSPS) is 16.1. The van der Waals surface area contributed by atoms with Crippen LogP contribution in [-0.4, -0.2) is 22.5 Å². The lowest BCUT2D eigenvalue weighted by atomic mass is 9.66. The van der Waals surface area contributed by atoms with Gasteiger partial charge in [-0.05, 0) is 36.8 Å². The zero-order chi connectivity index (χ0) is 15.6. The van der Waals surface area contributed by atoms with E-state index in [0.717, 1.165) is 24.8 Å². The van der Waals surface area contributed by atoms with E-state index in [-0.39, 0.29) is 22.5 Å². The molecule has 0 saturated heterocycles. The molecule has 1 fully saturated rings. The number of halogens is 1. The summed E-state index contributed by atoms with van der Waals surface area (Å²) in [6, 6.07) is 2.96. The van der Waals surface area contributed by atoms with Crippen LogP contribution < -0.4 is 5.32 Å². The SMILES string of the molecule is Cc1cc([N+](=O)[O-])c(Cl)cc1NCC1(CC(=O)O)CCC1. The van der Waals surface area contributed by atoms with E-state index < -0.39 is 10.9 Å². The molecule has 0 bridgehead atoms. The van der Waals surface area contributed by atoms with Crippen LogP contribution in [0.25, 0.3) is 0 Å². The Hall–Kier alpha value is -1.82. The number of aryl methyl sites for hydroxylation is 1. The zero-order valence-corrected chi connectivity index (χ0v) is 12.4. The van der Waals surface area contributed by atoms with Gasteiger partial charge in [-0.25, -0.2) is 0 Å². The number of nitro benzene ring substituents is 1. The van der Waals surface area contributed by atoms with Crippen LogP contribution in [0.2, 0.25) is 5.02 Å². The van der Waals surface area contributed by atoms with Gasteiger partial charge in [0.05, 0.1) is 11.3 Å². The van der Waals surface area contributed by atoms with Crippen LogP contribution in [-0.2, 0) is 4.79 Å². The van der Waals surface area contributed by atoms with Gasteiger partial charge in [-0.15, -0.1) is 0 Å². The van der Waals surface area contributed by atoms with Crippen molar-refractivity contribution in [1.29, 1.82) is 0 Å². The van der Waals surface area contributed by atoms with Gasteiger partial charge >= 0.3 is 5.97 Å². The number of carbonyl (C=O) groups is 1. The van der Waals surface area contributed by atoms with Gasteiger partial charge in [-0.2, -0.15) is 0 Å². The third kappa shape index (κ3) is 3.44. The largest absolute Gasteiger partial charge is 0.481 e. The number of carboxylic acids is 1. The summed E-state index contributed by atoms with van der Waals surface area (Å²) in [6.07, 6.45) is 2.94. The molecule has 1 aliphatic rings. The smallest absolute Gasteiger partial charge is 0.303 e. The lowest BCUT2D eigenvalue weighted by Crippen LogP contribution is -2.38. The van der Waals surface area contributed by atoms with E-state index in [1.165, 1.54) is 12.1 Å². The molecule has 1 aromatic carbocycles. The average Bonchev–Trinajstić information content (AvgIpc) is 2.34. The van der Waals surface area contributed by atoms with Gasteiger partial charge in [0.25, 0.3) is 5.69 Å². The summed E-state index contributed by atoms with van der Waals surface area (Å²) in [6.45, 7) is 2.30. The van der Waals surface area contributed by atoms with Crippen molar-refractivity contribution in [1.82, 2.24) is 0 Å². The summed E-state index contributed by atoms with van der Waals surface area (Å²) >= 11 is 5.90. The quantitative estimate of drug-likeness (QED) is 0.618. The molecule has 1 saturated carbocycles. The standard InChI is InChI=1S/C14H17ClN2O4/c1-9-5-12(17(20)21)10(15)6-11(9)16-8-14(3-2-4-14)7-13(18)19/h5-6,16H,2-4,7-8H2,1H3,(H,18,19). The Labute approximate surface area is 127 Å². The van der Waals surface area contributed by atoms with Gasteiger partial charge < -0.3 is 10.4 Å². The van der Waals surface area contributed by atoms with E-state index in [0.29, 0.717) is 12.2 Å². The minimum Gasteiger partial charge on any atom is -0.481 e. The molecule has 1 aliphatic carbocycles. The second kappa shape index (κ2) is 5.89. The predicted molar refractivity (Wildman–Crippen MR) is 79.9 cm³/mol. The highest BCUT2D eigenvalue weighted by Crippen LogP contribution is 2.44. The Balaban J connectivity index is 2.11. The lowest BCUT2D eigenvalue weighted by Gasteiger charge is -2.41. The van der Waals surface area contributed by atoms with E-state index >= 15 is 0 Å². The third-order valence-corrected chi connectivity index (χ3v) is 4.39. The number of nitrogens with one attached hydrogen (secondary N) is 1. The highest BCUT2D eigenvalue weighted by Gasteiger charge is 2.38. The Morgan fingerprint density at radius 3 is 2.67 bits per heavy atom. The van der Waals surface area contributed by atoms with E-state index in [1.807, 2.05) is 0 Å². The maximum atomic E-state index is 10.9. The van der Waals surface area contributed by atoms with Gasteiger partial charge in [-0.3, -0.25) is 14.9 Å². The van der Waals surface area contributed by atoms with Gasteiger partial charge in [0.2, 0.25) is 0 Å². The number of aliphatic carboxylic acids is 1. The molecule has 0 aromatic heterocycles. The maximum absolute atomic E-state index is 10.9. The number of hydrogen-bond acceptors (Lipinski definition) is 4. The first-order chi connectivity index (χ1) is 9.83. The molecular weight excluding hydrogens is 296 g/mol. The molecule has 114 valence electrons. The first-order valence-electron chi connectivity index (χ1n) is 6.73. The minimum absolute atomic E-state index is 0.0778. The van der Waals surface area contributed by atoms with Crippen molar-refractivity contribution in [2.75, 3.05) is 11.9 Å². The fourth-order valence-corrected chi connectivity index (χ4v) is 2.93. The fourth-order valence-electron chi connectivity index (χ4n) is 2.69. The number of hydrogen-bond donors (Lipinski definition) is 2. The maximum Gasteiger partial charge on any atom is 0.303 e. The molecule has 2 N–H and O–H groups in total. The number of carboxylic acid groups (broad SMARTS) is 1. The van der Waals surface area contributed by atoms with Crippen molar-refractivity contribution in [3.8, 4) is 0 Å². The molecule has 7 heteroatoms. The van der Waals surface area contributed by atoms with Gasteiger partial charge in [0, 0.05) is 18.3 Å². The van der Waals surface area contributed by atoms with Crippen LogP contribution >= 0.6 is 11.6 Å². The van der Waals surface area contributed by atoms with Crippen molar-refractivity contribution in [2.24, 2.45) is 5.41 Å². The third-order valence-electron chi connectivity index (χ3n) is 4.08. The van der Waals surface area contributed by atoms with Crippen LogP contribution in [0.1, 0.15) is 31.2 Å². The number of benzene rings is 1. The molecule has 0 amide bonds. The second-order valence-electron chi connectivity index (χ2n) is 5.65. The first kappa shape index (κ1) is 15.6. The van der Waals surface area contributed by atoms with Crippen LogP contribution in [0.4, 0.5) is 11.4 Å². The van der Waals surface area contributed by atoms with E-state index in [9.17, 15) is 14.9 Å². The highest BCUT2D eigenvalue weighted by molar-refractivity contribution is 6.33. The fraction of sp³-hybridized carbons (Fsp3) is 0.500. The molecule has 0 atom stereocenters. The Morgan fingerprint density at radius 1 is 1.52 bits per heavy atom. The first-order valence-corrected chi connectivity index (χ1v) is 7.11. The van der Waals surface area contributed by atoms with Crippen molar-refractivity contribution in [3.63, 3.8) is 0 Å². The molecule has 0 heterocycles. The average molecular weight is 313 g/mol. The summed E-state index contributed by atoms with van der Waals surface area (Å²) in [5.41, 5.74) is 1.09. The van der Waals surface area contributed by atoms with E-state index in [1.54, 1.807) is 6.92 Å². The van der Waals surface area contributed by atoms with E-state index in [2.05, 4.69) is 5.32 Å². The van der Waals surface area contributed by atoms with Crippen LogP contribution in [0.5, 0.6) is 0 Å². The molecule has 0 spiro atoms. The Kier molecular flexibility index (Phi) is 4.37. The predicted octanol–water partition coefficient (Wildman–Crippen LogP) is 3.61. The summed E-state index contributed by atoms with van der Waals surface area (Å²) in [5, 5.41) is 23.1. The molecule has 6 nitrogen and oxygen atoms in total. The second-order valence-corrected chi connectivity index (χ2v) is 6.06. The summed E-state index contributed by atoms with van der Waals surface area (Å²) < 4.78 is 0. The van der Waals surface area contributed by atoms with Crippen molar-refractivity contribution < 1.29 is 14.8 Å². The zero-order valence-electron chi connectivity index (χ0n) is 11.7. The van der Waals surface area contributed by atoms with Gasteiger partial charge in [0.15, 0.2) is 0 Å². The summed E-state index contributed by atoms with van der Waals surface area (Å²) in [4.78, 5) is 21.2. The molecular formula is C14H17ClN2O4. The number of nitrogens with zero attached hydrogens (tertiary/aromatic N) is 1. The number of anilines is 1. The Bertz CT molecular complexity index is 585. The number of rotatable bonds is 6. The van der Waals surface area contributed by atoms with Crippen LogP contribution in [0.15, 0.2) is 12.1 Å². The number of nitro groups is 1. The molecule has 2 rings (SSSR count). The summed E-state index contributed by atoms with van der Waals surface area (Å²) in [7, 11) is 0. The molecule has 21 heavy (non-hydrogen) atoms. The topological polar surface area (TPSA) is 92.5 Å². The minimum atomic E-state index is -0.796.